The second kappa shape index (κ2) is 10.7. The molecule has 0 aliphatic carbocycles. The molecule has 0 aromatic heterocycles. The predicted molar refractivity (Wildman–Crippen MR) is 107 cm³/mol. The Morgan fingerprint density at radius 3 is 2.43 bits per heavy atom. The van der Waals surface area contributed by atoms with Crippen LogP contribution in [0.15, 0.2) is 48.5 Å². The Bertz CT molecular complexity index is 819. The number of amides is 3. The first-order valence-electron chi connectivity index (χ1n) is 9.03. The summed E-state index contributed by atoms with van der Waals surface area (Å²) in [5, 5.41) is 8.33. The number of hydrogen-bond acceptors (Lipinski definition) is 4. The van der Waals surface area contributed by atoms with Crippen molar-refractivity contribution < 1.29 is 19.1 Å². The zero-order chi connectivity index (χ0) is 20.4. The van der Waals surface area contributed by atoms with Crippen molar-refractivity contribution in [2.75, 3.05) is 19.0 Å². The van der Waals surface area contributed by atoms with E-state index < -0.39 is 0 Å². The molecule has 2 rings (SSSR count). The smallest absolute Gasteiger partial charge is 0.251 e. The van der Waals surface area contributed by atoms with Crippen molar-refractivity contribution in [1.82, 2.24) is 10.6 Å². The fourth-order valence-electron chi connectivity index (χ4n) is 2.55. The molecule has 0 aliphatic heterocycles. The van der Waals surface area contributed by atoms with Gasteiger partial charge in [0.1, 0.15) is 5.75 Å². The number of ether oxygens (including phenoxy) is 1. The van der Waals surface area contributed by atoms with Gasteiger partial charge in [-0.1, -0.05) is 12.1 Å². The Hall–Kier alpha value is -3.35. The zero-order valence-electron chi connectivity index (χ0n) is 16.1. The summed E-state index contributed by atoms with van der Waals surface area (Å²) in [6.45, 7) is 2.24. The minimum atomic E-state index is -0.183. The standard InChI is InChI=1S/C21H25N3O4/c1-15(25)24-18-6-3-5-16(13-18)14-23-20(26)7-4-12-22-21(27)17-8-10-19(28-2)11-9-17/h3,5-6,8-11,13H,4,7,12,14H2,1-2H3,(H,22,27)(H,23,26)(H,24,25). The lowest BCUT2D eigenvalue weighted by Gasteiger charge is -2.08. The molecule has 0 bridgehead atoms. The van der Waals surface area contributed by atoms with Gasteiger partial charge in [-0.15, -0.1) is 0 Å². The number of rotatable bonds is 9. The molecule has 0 saturated carbocycles. The minimum absolute atomic E-state index is 0.0939. The number of carbonyl (C=O) groups is 3. The van der Waals surface area contributed by atoms with Crippen LogP contribution in [0.5, 0.6) is 5.75 Å². The van der Waals surface area contributed by atoms with Gasteiger partial charge >= 0.3 is 0 Å². The number of benzene rings is 2. The molecule has 3 amide bonds. The van der Waals surface area contributed by atoms with Crippen LogP contribution in [0, 0.1) is 0 Å². The Balaban J connectivity index is 1.67. The van der Waals surface area contributed by atoms with E-state index in [1.807, 2.05) is 18.2 Å². The zero-order valence-corrected chi connectivity index (χ0v) is 16.1. The first-order chi connectivity index (χ1) is 13.5. The van der Waals surface area contributed by atoms with Gasteiger partial charge in [-0.25, -0.2) is 0 Å². The van der Waals surface area contributed by atoms with Gasteiger partial charge in [0.15, 0.2) is 0 Å². The van der Waals surface area contributed by atoms with E-state index >= 15 is 0 Å². The highest BCUT2D eigenvalue weighted by atomic mass is 16.5. The number of nitrogens with one attached hydrogen (secondary N) is 3. The van der Waals surface area contributed by atoms with E-state index in [4.69, 9.17) is 4.74 Å². The number of hydrogen-bond donors (Lipinski definition) is 3. The Morgan fingerprint density at radius 1 is 1.00 bits per heavy atom. The van der Waals surface area contributed by atoms with Crippen molar-refractivity contribution in [3.05, 3.63) is 59.7 Å². The molecule has 7 heteroatoms. The van der Waals surface area contributed by atoms with Gasteiger partial charge in [-0.2, -0.15) is 0 Å². The molecule has 148 valence electrons. The second-order valence-corrected chi connectivity index (χ2v) is 6.25. The summed E-state index contributed by atoms with van der Waals surface area (Å²) in [4.78, 5) is 35.1. The van der Waals surface area contributed by atoms with Crippen LogP contribution in [0.25, 0.3) is 0 Å². The molecule has 2 aromatic rings. The van der Waals surface area contributed by atoms with Gasteiger partial charge in [0.2, 0.25) is 11.8 Å². The molecule has 0 atom stereocenters. The molecule has 7 nitrogen and oxygen atoms in total. The Labute approximate surface area is 164 Å². The topological polar surface area (TPSA) is 96.5 Å². The number of anilines is 1. The molecular formula is C21H25N3O4. The monoisotopic (exact) mass is 383 g/mol. The molecule has 0 aliphatic rings. The Kier molecular flexibility index (Phi) is 8.02. The molecule has 0 saturated heterocycles. The lowest BCUT2D eigenvalue weighted by Crippen LogP contribution is -2.27. The van der Waals surface area contributed by atoms with E-state index in [-0.39, 0.29) is 17.7 Å². The van der Waals surface area contributed by atoms with Crippen molar-refractivity contribution >= 4 is 23.4 Å². The average Bonchev–Trinajstić information content (AvgIpc) is 2.69. The molecular weight excluding hydrogens is 358 g/mol. The molecule has 0 heterocycles. The van der Waals surface area contributed by atoms with E-state index in [0.29, 0.717) is 42.9 Å². The molecule has 2 aromatic carbocycles. The minimum Gasteiger partial charge on any atom is -0.497 e. The highest BCUT2D eigenvalue weighted by molar-refractivity contribution is 5.94. The fourth-order valence-corrected chi connectivity index (χ4v) is 2.55. The van der Waals surface area contributed by atoms with Crippen LogP contribution in [0.2, 0.25) is 0 Å². The van der Waals surface area contributed by atoms with Gasteiger partial charge in [0.05, 0.1) is 7.11 Å². The quantitative estimate of drug-likeness (QED) is 0.580. The molecule has 0 fully saturated rings. The lowest BCUT2D eigenvalue weighted by atomic mass is 10.2. The van der Waals surface area contributed by atoms with Crippen LogP contribution < -0.4 is 20.7 Å². The second-order valence-electron chi connectivity index (χ2n) is 6.25. The molecule has 28 heavy (non-hydrogen) atoms. The first-order valence-corrected chi connectivity index (χ1v) is 9.03. The highest BCUT2D eigenvalue weighted by Crippen LogP contribution is 2.11. The summed E-state index contributed by atoms with van der Waals surface area (Å²) in [5.74, 6) is 0.273. The third-order valence-electron chi connectivity index (χ3n) is 3.96. The van der Waals surface area contributed by atoms with E-state index in [0.717, 1.165) is 5.56 Å². The molecule has 0 radical (unpaired) electrons. The van der Waals surface area contributed by atoms with Crippen molar-refractivity contribution in [3.63, 3.8) is 0 Å². The van der Waals surface area contributed by atoms with Gasteiger partial charge in [0, 0.05) is 37.7 Å². The third kappa shape index (κ3) is 7.11. The van der Waals surface area contributed by atoms with Crippen molar-refractivity contribution in [2.45, 2.75) is 26.3 Å². The summed E-state index contributed by atoms with van der Waals surface area (Å²) in [6, 6.07) is 14.1. The van der Waals surface area contributed by atoms with Gasteiger partial charge in [-0.3, -0.25) is 14.4 Å². The average molecular weight is 383 g/mol. The van der Waals surface area contributed by atoms with Crippen LogP contribution in [-0.2, 0) is 16.1 Å². The van der Waals surface area contributed by atoms with Crippen LogP contribution in [0.4, 0.5) is 5.69 Å². The maximum atomic E-state index is 12.0. The summed E-state index contributed by atoms with van der Waals surface area (Å²) < 4.78 is 5.06. The van der Waals surface area contributed by atoms with Crippen LogP contribution >= 0.6 is 0 Å². The van der Waals surface area contributed by atoms with E-state index in [1.54, 1.807) is 37.4 Å². The summed E-state index contributed by atoms with van der Waals surface area (Å²) in [5.41, 5.74) is 2.14. The van der Waals surface area contributed by atoms with Crippen molar-refractivity contribution in [2.24, 2.45) is 0 Å². The highest BCUT2D eigenvalue weighted by Gasteiger charge is 2.06. The van der Waals surface area contributed by atoms with Gasteiger partial charge < -0.3 is 20.7 Å². The third-order valence-corrected chi connectivity index (χ3v) is 3.96. The van der Waals surface area contributed by atoms with E-state index in [9.17, 15) is 14.4 Å². The van der Waals surface area contributed by atoms with Crippen LogP contribution in [0.1, 0.15) is 35.7 Å². The summed E-state index contributed by atoms with van der Waals surface area (Å²) >= 11 is 0. The predicted octanol–water partition coefficient (Wildman–Crippen LogP) is 2.48. The lowest BCUT2D eigenvalue weighted by molar-refractivity contribution is -0.121. The fraction of sp³-hybridized carbons (Fsp3) is 0.286. The SMILES string of the molecule is COc1ccc(C(=O)NCCCC(=O)NCc2cccc(NC(C)=O)c2)cc1. The van der Waals surface area contributed by atoms with Crippen molar-refractivity contribution in [1.29, 1.82) is 0 Å². The van der Waals surface area contributed by atoms with Gasteiger partial charge in [0.25, 0.3) is 5.91 Å². The molecule has 3 N–H and O–H groups in total. The molecule has 0 spiro atoms. The Morgan fingerprint density at radius 2 is 1.75 bits per heavy atom. The normalized spacial score (nSPS) is 10.1. The first kappa shape index (κ1) is 21.0. The number of carbonyl (C=O) groups excluding carboxylic acids is 3. The van der Waals surface area contributed by atoms with Crippen LogP contribution in [0.3, 0.4) is 0 Å². The van der Waals surface area contributed by atoms with Gasteiger partial charge in [-0.05, 0) is 48.4 Å². The maximum Gasteiger partial charge on any atom is 0.251 e. The van der Waals surface area contributed by atoms with E-state index in [1.165, 1.54) is 6.92 Å². The van der Waals surface area contributed by atoms with Crippen LogP contribution in [-0.4, -0.2) is 31.4 Å². The maximum absolute atomic E-state index is 12.0. The van der Waals surface area contributed by atoms with Crippen molar-refractivity contribution in [3.8, 4) is 5.75 Å². The number of methoxy groups -OCH3 is 1. The summed E-state index contributed by atoms with van der Waals surface area (Å²) in [7, 11) is 1.57. The largest absolute Gasteiger partial charge is 0.497 e. The van der Waals surface area contributed by atoms with E-state index in [2.05, 4.69) is 16.0 Å². The molecule has 0 unspecified atom stereocenters. The summed E-state index contributed by atoms with van der Waals surface area (Å²) in [6.07, 6.45) is 0.855.